The predicted molar refractivity (Wildman–Crippen MR) is 188 cm³/mol. The molecule has 1 saturated heterocycles. The Balaban J connectivity index is 0.903. The lowest BCUT2D eigenvalue weighted by Gasteiger charge is -2.21. The highest BCUT2D eigenvalue weighted by Gasteiger charge is 2.30. The average molecular weight is 729 g/mol. The first-order valence-electron chi connectivity index (χ1n) is 17.4. The van der Waals surface area contributed by atoms with Crippen LogP contribution in [-0.2, 0) is 38.0 Å². The van der Waals surface area contributed by atoms with E-state index in [-0.39, 0.29) is 18.7 Å². The van der Waals surface area contributed by atoms with Gasteiger partial charge in [-0.1, -0.05) is 11.3 Å². The van der Waals surface area contributed by atoms with Crippen molar-refractivity contribution in [2.45, 2.75) is 31.7 Å². The fourth-order valence-corrected chi connectivity index (χ4v) is 5.05. The zero-order chi connectivity index (χ0) is 36.8. The van der Waals surface area contributed by atoms with Crippen LogP contribution in [0.3, 0.4) is 0 Å². The molecule has 1 atom stereocenters. The number of hydrogen-bond acceptors (Lipinski definition) is 14. The van der Waals surface area contributed by atoms with Crippen molar-refractivity contribution < 1.29 is 47.5 Å². The number of aromatic nitrogens is 3. The number of nitrogens with one attached hydrogen (secondary N) is 2. The van der Waals surface area contributed by atoms with Crippen LogP contribution in [0, 0.1) is 0 Å². The maximum absolute atomic E-state index is 13.2. The van der Waals surface area contributed by atoms with E-state index in [1.165, 1.54) is 0 Å². The monoisotopic (exact) mass is 728 g/mol. The third-order valence-electron chi connectivity index (χ3n) is 7.74. The van der Waals surface area contributed by atoms with E-state index in [0.717, 1.165) is 17.5 Å². The van der Waals surface area contributed by atoms with Gasteiger partial charge >= 0.3 is 0 Å². The number of piperidine rings is 1. The molecular weight excluding hydrogens is 680 g/mol. The smallest absolute Gasteiger partial charge is 0.280 e. The second-order valence-corrected chi connectivity index (χ2v) is 11.6. The van der Waals surface area contributed by atoms with Crippen LogP contribution in [0.4, 0.5) is 5.69 Å². The fourth-order valence-electron chi connectivity index (χ4n) is 5.05. The highest BCUT2D eigenvalue weighted by molar-refractivity contribution is 5.99. The van der Waals surface area contributed by atoms with Gasteiger partial charge in [-0.25, -0.2) is 0 Å². The summed E-state index contributed by atoms with van der Waals surface area (Å²) in [5.41, 5.74) is 6.25. The Morgan fingerprint density at radius 2 is 1.35 bits per heavy atom. The van der Waals surface area contributed by atoms with Gasteiger partial charge in [-0.2, -0.15) is 4.68 Å². The zero-order valence-corrected chi connectivity index (χ0v) is 29.3. The summed E-state index contributed by atoms with van der Waals surface area (Å²) in [4.78, 5) is 48.1. The molecule has 4 N–H and O–H groups in total. The van der Waals surface area contributed by atoms with E-state index in [1.54, 1.807) is 42.5 Å². The Morgan fingerprint density at radius 1 is 0.769 bits per heavy atom. The first-order valence-corrected chi connectivity index (χ1v) is 17.4. The van der Waals surface area contributed by atoms with Gasteiger partial charge in [0.25, 0.3) is 11.5 Å². The number of primary amides is 1. The molecule has 4 rings (SSSR count). The lowest BCUT2D eigenvalue weighted by molar-refractivity contribution is -0.136. The number of amides is 3. The van der Waals surface area contributed by atoms with Gasteiger partial charge in [0.15, 0.2) is 0 Å². The van der Waals surface area contributed by atoms with E-state index in [4.69, 9.17) is 38.9 Å². The number of carbonyl (C=O) groups excluding carboxylic acids is 3. The number of carbonyl (C=O) groups is 3. The van der Waals surface area contributed by atoms with Crippen molar-refractivity contribution in [2.24, 2.45) is 5.73 Å². The van der Waals surface area contributed by atoms with Crippen LogP contribution in [-0.4, -0.2) is 125 Å². The molecule has 0 saturated carbocycles. The van der Waals surface area contributed by atoms with Crippen LogP contribution in [0.25, 0.3) is 10.9 Å². The van der Waals surface area contributed by atoms with E-state index in [2.05, 4.69) is 20.9 Å². The maximum atomic E-state index is 13.2. The van der Waals surface area contributed by atoms with E-state index < -0.39 is 23.4 Å². The third-order valence-corrected chi connectivity index (χ3v) is 7.74. The van der Waals surface area contributed by atoms with Crippen molar-refractivity contribution in [2.75, 3.05) is 97.8 Å². The second-order valence-electron chi connectivity index (χ2n) is 11.6. The molecule has 0 bridgehead atoms. The Morgan fingerprint density at radius 3 is 1.92 bits per heavy atom. The lowest BCUT2D eigenvalue weighted by Crippen LogP contribution is -2.45. The van der Waals surface area contributed by atoms with Gasteiger partial charge in [-0.3, -0.25) is 24.5 Å². The number of anilines is 1. The third kappa shape index (κ3) is 13.9. The van der Waals surface area contributed by atoms with Crippen molar-refractivity contribution in [3.8, 4) is 5.75 Å². The SMILES string of the molecule is NC(=O)c1ccc(OCCOCCOCCOCCOCCOCCOCCCCNc2cccc3nnn(C4CCC(=O)NC4=O)c(=O)c23)cc1. The summed E-state index contributed by atoms with van der Waals surface area (Å²) in [5.74, 6) is -0.749. The normalized spacial score (nSPS) is 14.4. The first-order chi connectivity index (χ1) is 25.4. The summed E-state index contributed by atoms with van der Waals surface area (Å²) in [6.07, 6.45) is 1.96. The second kappa shape index (κ2) is 23.1. The first kappa shape index (κ1) is 40.3. The van der Waals surface area contributed by atoms with Crippen molar-refractivity contribution in [3.63, 3.8) is 0 Å². The maximum Gasteiger partial charge on any atom is 0.280 e. The minimum Gasteiger partial charge on any atom is -0.491 e. The van der Waals surface area contributed by atoms with Crippen LogP contribution in [0.15, 0.2) is 47.3 Å². The number of hydrogen-bond donors (Lipinski definition) is 3. The van der Waals surface area contributed by atoms with Gasteiger partial charge in [0.05, 0.1) is 78.1 Å². The number of imide groups is 1. The molecule has 17 nitrogen and oxygen atoms in total. The standard InChI is InChI=1S/C35H48N6O11/c36-33(43)26-6-8-27(9-7-26)52-25-24-51-23-22-50-21-20-49-19-18-48-17-16-47-15-14-46-13-2-1-12-37-28-4-3-5-29-32(28)35(45)41(40-39-29)30-10-11-31(42)38-34(30)44/h3-9,30,37H,1-2,10-25H2,(H2,36,43)(H,38,42,44). The van der Waals surface area contributed by atoms with Gasteiger partial charge < -0.3 is 44.2 Å². The Labute approximate surface area is 301 Å². The van der Waals surface area contributed by atoms with E-state index >= 15 is 0 Å². The highest BCUT2D eigenvalue weighted by Crippen LogP contribution is 2.21. The number of unbranched alkanes of at least 4 members (excludes halogenated alkanes) is 1. The zero-order valence-electron chi connectivity index (χ0n) is 29.3. The van der Waals surface area contributed by atoms with Crippen LogP contribution in [0.2, 0.25) is 0 Å². The molecule has 0 spiro atoms. The Kier molecular flexibility index (Phi) is 17.9. The average Bonchev–Trinajstić information content (AvgIpc) is 3.14. The van der Waals surface area contributed by atoms with Gasteiger partial charge in [0, 0.05) is 30.8 Å². The topological polar surface area (TPSA) is 214 Å². The van der Waals surface area contributed by atoms with Gasteiger partial charge in [-0.05, 0) is 55.7 Å². The molecule has 2 heterocycles. The summed E-state index contributed by atoms with van der Waals surface area (Å²) >= 11 is 0. The highest BCUT2D eigenvalue weighted by atomic mass is 16.6. The van der Waals surface area contributed by atoms with E-state index in [1.807, 2.05) is 0 Å². The molecule has 3 aromatic rings. The number of ether oxygens (including phenoxy) is 7. The van der Waals surface area contributed by atoms with Gasteiger partial charge in [-0.15, -0.1) is 5.10 Å². The van der Waals surface area contributed by atoms with Crippen LogP contribution < -0.4 is 26.7 Å². The quantitative estimate of drug-likeness (QED) is 0.0745. The molecule has 1 aliphatic rings. The molecule has 1 aromatic heterocycles. The molecule has 3 amide bonds. The number of rotatable bonds is 27. The summed E-state index contributed by atoms with van der Waals surface area (Å²) < 4.78 is 39.7. The summed E-state index contributed by atoms with van der Waals surface area (Å²) in [7, 11) is 0. The van der Waals surface area contributed by atoms with Crippen molar-refractivity contribution >= 4 is 34.3 Å². The number of nitrogens with two attached hydrogens (primary N) is 1. The van der Waals surface area contributed by atoms with Crippen molar-refractivity contribution in [3.05, 3.63) is 58.4 Å². The molecule has 52 heavy (non-hydrogen) atoms. The van der Waals surface area contributed by atoms with Gasteiger partial charge in [0.2, 0.25) is 11.8 Å². The number of benzene rings is 2. The predicted octanol–water partition coefficient (Wildman–Crippen LogP) is 1.24. The van der Waals surface area contributed by atoms with Crippen LogP contribution in [0.1, 0.15) is 42.1 Å². The molecule has 1 fully saturated rings. The summed E-state index contributed by atoms with van der Waals surface area (Å²) in [6, 6.07) is 11.0. The minimum absolute atomic E-state index is 0.138. The van der Waals surface area contributed by atoms with Crippen LogP contribution >= 0.6 is 0 Å². The fraction of sp³-hybridized carbons (Fsp3) is 0.543. The number of fused-ring (bicyclic) bond motifs is 1. The molecule has 1 unspecified atom stereocenters. The largest absolute Gasteiger partial charge is 0.491 e. The van der Waals surface area contributed by atoms with Crippen molar-refractivity contribution in [1.82, 2.24) is 20.3 Å². The molecule has 2 aromatic carbocycles. The summed E-state index contributed by atoms with van der Waals surface area (Å²) in [5, 5.41) is 14.0. The molecule has 284 valence electrons. The van der Waals surface area contributed by atoms with Crippen LogP contribution in [0.5, 0.6) is 5.75 Å². The van der Waals surface area contributed by atoms with Gasteiger partial charge in [0.1, 0.15) is 23.9 Å². The van der Waals surface area contributed by atoms with E-state index in [9.17, 15) is 19.2 Å². The number of nitrogens with zero attached hydrogens (tertiary/aromatic N) is 3. The molecule has 17 heteroatoms. The molecule has 0 radical (unpaired) electrons. The Hall–Kier alpha value is -4.52. The summed E-state index contributed by atoms with van der Waals surface area (Å²) in [6.45, 7) is 6.60. The van der Waals surface area contributed by atoms with Crippen molar-refractivity contribution in [1.29, 1.82) is 0 Å². The minimum atomic E-state index is -0.873. The lowest BCUT2D eigenvalue weighted by atomic mass is 10.1. The molecular formula is C35H48N6O11. The molecule has 1 aliphatic heterocycles. The molecule has 0 aliphatic carbocycles. The van der Waals surface area contributed by atoms with E-state index in [0.29, 0.717) is 120 Å². The Bertz CT molecular complexity index is 1600.